The largest absolute Gasteiger partial charge is 0.330 e. The van der Waals surface area contributed by atoms with Crippen molar-refractivity contribution in [1.82, 2.24) is 0 Å². The Bertz CT molecular complexity index is 564. The zero-order valence-electron chi connectivity index (χ0n) is 11.6. The average Bonchev–Trinajstić information content (AvgIpc) is 2.49. The summed E-state index contributed by atoms with van der Waals surface area (Å²) in [5.41, 5.74) is 7.82. The molecule has 0 bridgehead atoms. The molecule has 1 atom stereocenters. The van der Waals surface area contributed by atoms with Crippen LogP contribution < -0.4 is 5.73 Å². The molecule has 2 rings (SSSR count). The van der Waals surface area contributed by atoms with Gasteiger partial charge in [0.25, 0.3) is 0 Å². The number of benzene rings is 2. The molecule has 0 aliphatic carbocycles. The van der Waals surface area contributed by atoms with Gasteiger partial charge in [-0.2, -0.15) is 0 Å². The molecule has 2 aromatic carbocycles. The quantitative estimate of drug-likeness (QED) is 0.872. The summed E-state index contributed by atoms with van der Waals surface area (Å²) >= 11 is 6.20. The molecular formula is C17H19ClFN. The Morgan fingerprint density at radius 2 is 1.85 bits per heavy atom. The standard InChI is InChI=1S/C17H19ClFN/c1-2-17(12-20,14-6-4-3-5-7-14)11-13-10-15(19)8-9-16(13)18/h3-10H,2,11-12,20H2,1H3. The minimum atomic E-state index is -0.264. The highest BCUT2D eigenvalue weighted by molar-refractivity contribution is 6.31. The van der Waals surface area contributed by atoms with Crippen LogP contribution in [0.2, 0.25) is 5.02 Å². The smallest absolute Gasteiger partial charge is 0.123 e. The van der Waals surface area contributed by atoms with Crippen molar-refractivity contribution >= 4 is 11.6 Å². The molecule has 0 aliphatic heterocycles. The third kappa shape index (κ3) is 3.02. The SMILES string of the molecule is CCC(CN)(Cc1cc(F)ccc1Cl)c1ccccc1. The van der Waals surface area contributed by atoms with Crippen LogP contribution in [0.1, 0.15) is 24.5 Å². The lowest BCUT2D eigenvalue weighted by Crippen LogP contribution is -2.37. The number of halogens is 2. The van der Waals surface area contributed by atoms with Crippen LogP contribution in [-0.4, -0.2) is 6.54 Å². The van der Waals surface area contributed by atoms with E-state index in [9.17, 15) is 4.39 Å². The van der Waals surface area contributed by atoms with Crippen LogP contribution in [-0.2, 0) is 11.8 Å². The monoisotopic (exact) mass is 291 g/mol. The van der Waals surface area contributed by atoms with E-state index < -0.39 is 0 Å². The van der Waals surface area contributed by atoms with Crippen LogP contribution >= 0.6 is 11.6 Å². The van der Waals surface area contributed by atoms with E-state index in [-0.39, 0.29) is 11.2 Å². The van der Waals surface area contributed by atoms with Crippen LogP contribution in [0, 0.1) is 5.82 Å². The fourth-order valence-corrected chi connectivity index (χ4v) is 2.78. The molecule has 1 nitrogen and oxygen atoms in total. The van der Waals surface area contributed by atoms with Gasteiger partial charge in [-0.15, -0.1) is 0 Å². The lowest BCUT2D eigenvalue weighted by atomic mass is 9.73. The Labute approximate surface area is 124 Å². The highest BCUT2D eigenvalue weighted by atomic mass is 35.5. The van der Waals surface area contributed by atoms with Crippen molar-refractivity contribution in [2.24, 2.45) is 5.73 Å². The first-order valence-corrected chi connectivity index (χ1v) is 7.18. The fourth-order valence-electron chi connectivity index (χ4n) is 2.60. The summed E-state index contributed by atoms with van der Waals surface area (Å²) in [5.74, 6) is -0.264. The van der Waals surface area contributed by atoms with Gasteiger partial charge in [-0.05, 0) is 42.2 Å². The van der Waals surface area contributed by atoms with E-state index in [0.717, 1.165) is 12.0 Å². The van der Waals surface area contributed by atoms with Crippen molar-refractivity contribution in [2.45, 2.75) is 25.2 Å². The highest BCUT2D eigenvalue weighted by Crippen LogP contribution is 2.33. The molecule has 3 heteroatoms. The van der Waals surface area contributed by atoms with Gasteiger partial charge in [-0.3, -0.25) is 0 Å². The topological polar surface area (TPSA) is 26.0 Å². The molecule has 0 saturated carbocycles. The highest BCUT2D eigenvalue weighted by Gasteiger charge is 2.29. The van der Waals surface area contributed by atoms with Crippen LogP contribution in [0.3, 0.4) is 0 Å². The summed E-state index contributed by atoms with van der Waals surface area (Å²) in [6.07, 6.45) is 1.51. The molecular weight excluding hydrogens is 273 g/mol. The van der Waals surface area contributed by atoms with Gasteiger partial charge in [-0.25, -0.2) is 4.39 Å². The van der Waals surface area contributed by atoms with Crippen LogP contribution in [0.25, 0.3) is 0 Å². The molecule has 0 saturated heterocycles. The van der Waals surface area contributed by atoms with Gasteiger partial charge in [0.15, 0.2) is 0 Å². The third-order valence-electron chi connectivity index (χ3n) is 3.99. The lowest BCUT2D eigenvalue weighted by Gasteiger charge is -2.32. The van der Waals surface area contributed by atoms with E-state index in [1.807, 2.05) is 18.2 Å². The summed E-state index contributed by atoms with van der Waals surface area (Å²) in [6.45, 7) is 2.60. The average molecular weight is 292 g/mol. The molecule has 0 spiro atoms. The van der Waals surface area contributed by atoms with E-state index in [2.05, 4.69) is 19.1 Å². The summed E-state index contributed by atoms with van der Waals surface area (Å²) in [6, 6.07) is 14.6. The Balaban J connectivity index is 2.42. The first-order valence-electron chi connectivity index (χ1n) is 6.81. The van der Waals surface area contributed by atoms with Crippen LogP contribution in [0.5, 0.6) is 0 Å². The number of hydrogen-bond acceptors (Lipinski definition) is 1. The molecule has 1 unspecified atom stereocenters. The van der Waals surface area contributed by atoms with E-state index in [4.69, 9.17) is 17.3 Å². The van der Waals surface area contributed by atoms with E-state index >= 15 is 0 Å². The third-order valence-corrected chi connectivity index (χ3v) is 4.36. The number of hydrogen-bond donors (Lipinski definition) is 1. The van der Waals surface area contributed by atoms with Crippen molar-refractivity contribution in [1.29, 1.82) is 0 Å². The van der Waals surface area contributed by atoms with Crippen molar-refractivity contribution in [3.63, 3.8) is 0 Å². The minimum absolute atomic E-state index is 0.210. The minimum Gasteiger partial charge on any atom is -0.330 e. The summed E-state index contributed by atoms with van der Waals surface area (Å²) in [4.78, 5) is 0. The zero-order valence-corrected chi connectivity index (χ0v) is 12.3. The van der Waals surface area contributed by atoms with Crippen molar-refractivity contribution in [3.05, 3.63) is 70.5 Å². The Kier molecular flexibility index (Phi) is 4.79. The molecule has 0 fully saturated rings. The Morgan fingerprint density at radius 1 is 1.15 bits per heavy atom. The van der Waals surface area contributed by atoms with Gasteiger partial charge in [-0.1, -0.05) is 48.9 Å². The predicted octanol–water partition coefficient (Wildman–Crippen LogP) is 4.33. The summed E-state index contributed by atoms with van der Waals surface area (Å²) in [5, 5.41) is 0.591. The normalized spacial score (nSPS) is 14.0. The zero-order chi connectivity index (χ0) is 14.6. The fraction of sp³-hybridized carbons (Fsp3) is 0.294. The Morgan fingerprint density at radius 3 is 2.45 bits per heavy atom. The first kappa shape index (κ1) is 15.0. The van der Waals surface area contributed by atoms with Gasteiger partial charge < -0.3 is 5.73 Å². The second kappa shape index (κ2) is 6.38. The van der Waals surface area contributed by atoms with Gasteiger partial charge in [0, 0.05) is 17.0 Å². The maximum atomic E-state index is 13.4. The number of rotatable bonds is 5. The molecule has 0 aliphatic rings. The molecule has 0 aromatic heterocycles. The molecule has 2 N–H and O–H groups in total. The molecule has 0 heterocycles. The summed E-state index contributed by atoms with van der Waals surface area (Å²) < 4.78 is 13.4. The van der Waals surface area contributed by atoms with Crippen molar-refractivity contribution in [3.8, 4) is 0 Å². The van der Waals surface area contributed by atoms with Gasteiger partial charge >= 0.3 is 0 Å². The van der Waals surface area contributed by atoms with E-state index in [0.29, 0.717) is 18.0 Å². The summed E-state index contributed by atoms with van der Waals surface area (Å²) in [7, 11) is 0. The molecule has 0 amide bonds. The van der Waals surface area contributed by atoms with E-state index in [1.54, 1.807) is 6.07 Å². The van der Waals surface area contributed by atoms with Crippen LogP contribution in [0.4, 0.5) is 4.39 Å². The maximum Gasteiger partial charge on any atom is 0.123 e. The second-order valence-electron chi connectivity index (χ2n) is 5.12. The van der Waals surface area contributed by atoms with Gasteiger partial charge in [0.1, 0.15) is 5.82 Å². The molecule has 0 radical (unpaired) electrons. The van der Waals surface area contributed by atoms with Crippen LogP contribution in [0.15, 0.2) is 48.5 Å². The molecule has 2 aromatic rings. The maximum absolute atomic E-state index is 13.4. The first-order chi connectivity index (χ1) is 9.61. The van der Waals surface area contributed by atoms with Crippen molar-refractivity contribution in [2.75, 3.05) is 6.54 Å². The van der Waals surface area contributed by atoms with E-state index in [1.165, 1.54) is 17.7 Å². The Hall–Kier alpha value is -1.38. The van der Waals surface area contributed by atoms with Gasteiger partial charge in [0.2, 0.25) is 0 Å². The van der Waals surface area contributed by atoms with Crippen molar-refractivity contribution < 1.29 is 4.39 Å². The van der Waals surface area contributed by atoms with Gasteiger partial charge in [0.05, 0.1) is 0 Å². The second-order valence-corrected chi connectivity index (χ2v) is 5.52. The number of nitrogens with two attached hydrogens (primary N) is 1. The molecule has 20 heavy (non-hydrogen) atoms. The predicted molar refractivity (Wildman–Crippen MR) is 82.6 cm³/mol. The lowest BCUT2D eigenvalue weighted by molar-refractivity contribution is 0.417. The molecule has 106 valence electrons.